The molecule has 0 radical (unpaired) electrons. The average molecular weight is 271 g/mol. The topological polar surface area (TPSA) is 67.0 Å². The van der Waals surface area contributed by atoms with E-state index in [1.165, 1.54) is 0 Å². The molecule has 1 aromatic carbocycles. The maximum Gasteiger partial charge on any atom is 0.255 e. The molecule has 0 unspecified atom stereocenters. The Bertz CT molecular complexity index is 707. The molecule has 1 aliphatic carbocycles. The van der Waals surface area contributed by atoms with Crippen LogP contribution >= 0.6 is 0 Å². The molecule has 0 bridgehead atoms. The summed E-state index contributed by atoms with van der Waals surface area (Å²) in [5.74, 6) is 1.19. The lowest BCUT2D eigenvalue weighted by Gasteiger charge is -2.11. The molecule has 0 spiro atoms. The molecule has 0 atom stereocenters. The second-order valence-corrected chi connectivity index (χ2v) is 5.02. The lowest BCUT2D eigenvalue weighted by molar-refractivity contribution is 0.416. The number of nitrogens with zero attached hydrogens (tertiary/aromatic N) is 1. The highest BCUT2D eigenvalue weighted by Gasteiger charge is 2.17. The Balaban J connectivity index is 1.98. The van der Waals surface area contributed by atoms with E-state index in [0.29, 0.717) is 5.95 Å². The van der Waals surface area contributed by atoms with Crippen LogP contribution in [0, 0.1) is 6.92 Å². The number of anilines is 2. The Morgan fingerprint density at radius 1 is 1.35 bits per heavy atom. The molecule has 3 rings (SSSR count). The number of aromatic amines is 1. The van der Waals surface area contributed by atoms with Gasteiger partial charge in [-0.2, -0.15) is 0 Å². The van der Waals surface area contributed by atoms with Crippen molar-refractivity contribution in [3.8, 4) is 5.75 Å². The summed E-state index contributed by atoms with van der Waals surface area (Å²) in [4.78, 5) is 19.3. The molecule has 0 saturated carbocycles. The van der Waals surface area contributed by atoms with E-state index < -0.39 is 0 Å². The van der Waals surface area contributed by atoms with Gasteiger partial charge in [-0.15, -0.1) is 0 Å². The molecule has 1 aromatic heterocycles. The molecule has 2 aromatic rings. The Hall–Kier alpha value is -2.30. The number of aryl methyl sites for hydroxylation is 2. The summed E-state index contributed by atoms with van der Waals surface area (Å²) < 4.78 is 5.31. The van der Waals surface area contributed by atoms with Crippen molar-refractivity contribution in [1.82, 2.24) is 9.97 Å². The van der Waals surface area contributed by atoms with Crippen molar-refractivity contribution in [2.45, 2.75) is 26.2 Å². The van der Waals surface area contributed by atoms with Crippen LogP contribution in [-0.2, 0) is 12.8 Å². The molecule has 2 N–H and O–H groups in total. The minimum atomic E-state index is -0.0402. The lowest BCUT2D eigenvalue weighted by atomic mass is 10.2. The van der Waals surface area contributed by atoms with Crippen molar-refractivity contribution >= 4 is 11.6 Å². The molecular weight excluding hydrogens is 254 g/mol. The Labute approximate surface area is 117 Å². The molecule has 104 valence electrons. The van der Waals surface area contributed by atoms with Crippen molar-refractivity contribution in [1.29, 1.82) is 0 Å². The quantitative estimate of drug-likeness (QED) is 0.899. The van der Waals surface area contributed by atoms with E-state index in [4.69, 9.17) is 4.74 Å². The smallest absolute Gasteiger partial charge is 0.255 e. The van der Waals surface area contributed by atoms with Gasteiger partial charge in [0.1, 0.15) is 5.75 Å². The van der Waals surface area contributed by atoms with Crippen LogP contribution in [0.5, 0.6) is 5.75 Å². The number of methoxy groups -OCH3 is 1. The molecule has 0 amide bonds. The first-order chi connectivity index (χ1) is 9.67. The molecule has 5 nitrogen and oxygen atoms in total. The number of fused-ring (bicyclic) bond motifs is 1. The van der Waals surface area contributed by atoms with Gasteiger partial charge in [-0.25, -0.2) is 4.98 Å². The monoisotopic (exact) mass is 271 g/mol. The zero-order valence-electron chi connectivity index (χ0n) is 11.6. The molecule has 0 aliphatic heterocycles. The van der Waals surface area contributed by atoms with Crippen molar-refractivity contribution in [3.63, 3.8) is 0 Å². The SMILES string of the molecule is COc1ccc(C)cc1Nc1nc2c(c(=O)[nH]1)CCC2. The van der Waals surface area contributed by atoms with Gasteiger partial charge in [0.05, 0.1) is 18.5 Å². The summed E-state index contributed by atoms with van der Waals surface area (Å²) >= 11 is 0. The van der Waals surface area contributed by atoms with E-state index >= 15 is 0 Å². The van der Waals surface area contributed by atoms with Crippen LogP contribution in [0.4, 0.5) is 11.6 Å². The Morgan fingerprint density at radius 3 is 3.00 bits per heavy atom. The molecule has 1 aliphatic rings. The molecule has 20 heavy (non-hydrogen) atoms. The fraction of sp³-hybridized carbons (Fsp3) is 0.333. The van der Waals surface area contributed by atoms with Crippen LogP contribution in [-0.4, -0.2) is 17.1 Å². The van der Waals surface area contributed by atoms with Crippen molar-refractivity contribution in [2.24, 2.45) is 0 Å². The predicted molar refractivity (Wildman–Crippen MR) is 77.9 cm³/mol. The first kappa shape index (κ1) is 12.7. The molecule has 1 heterocycles. The maximum atomic E-state index is 12.0. The van der Waals surface area contributed by atoms with Crippen LogP contribution in [0.1, 0.15) is 23.2 Å². The number of hydrogen-bond acceptors (Lipinski definition) is 4. The van der Waals surface area contributed by atoms with Gasteiger partial charge in [0.2, 0.25) is 5.95 Å². The number of ether oxygens (including phenoxy) is 1. The highest BCUT2D eigenvalue weighted by Crippen LogP contribution is 2.27. The second-order valence-electron chi connectivity index (χ2n) is 5.02. The normalized spacial score (nSPS) is 13.1. The highest BCUT2D eigenvalue weighted by atomic mass is 16.5. The molecule has 5 heteroatoms. The van der Waals surface area contributed by atoms with Crippen LogP contribution in [0.25, 0.3) is 0 Å². The van der Waals surface area contributed by atoms with Crippen LogP contribution in [0.2, 0.25) is 0 Å². The summed E-state index contributed by atoms with van der Waals surface area (Å²) in [6.45, 7) is 2.00. The zero-order chi connectivity index (χ0) is 14.1. The number of hydrogen-bond donors (Lipinski definition) is 2. The van der Waals surface area contributed by atoms with Gasteiger partial charge in [-0.3, -0.25) is 9.78 Å². The average Bonchev–Trinajstić information content (AvgIpc) is 2.88. The van der Waals surface area contributed by atoms with Gasteiger partial charge in [-0.05, 0) is 43.9 Å². The van der Waals surface area contributed by atoms with Crippen LogP contribution in [0.15, 0.2) is 23.0 Å². The van der Waals surface area contributed by atoms with Gasteiger partial charge in [0.15, 0.2) is 0 Å². The minimum Gasteiger partial charge on any atom is -0.495 e. The second kappa shape index (κ2) is 5.00. The van der Waals surface area contributed by atoms with E-state index in [9.17, 15) is 4.79 Å². The van der Waals surface area contributed by atoms with Crippen LogP contribution in [0.3, 0.4) is 0 Å². The van der Waals surface area contributed by atoms with Gasteiger partial charge in [0, 0.05) is 5.56 Å². The summed E-state index contributed by atoms with van der Waals surface area (Å²) in [5, 5.41) is 3.14. The first-order valence-corrected chi connectivity index (χ1v) is 6.71. The summed E-state index contributed by atoms with van der Waals surface area (Å²) in [6.07, 6.45) is 2.70. The van der Waals surface area contributed by atoms with E-state index in [1.54, 1.807) is 7.11 Å². The van der Waals surface area contributed by atoms with Gasteiger partial charge >= 0.3 is 0 Å². The number of nitrogens with one attached hydrogen (secondary N) is 2. The summed E-state index contributed by atoms with van der Waals surface area (Å²) in [5.41, 5.74) is 3.60. The third-order valence-corrected chi connectivity index (χ3v) is 3.55. The van der Waals surface area contributed by atoms with Crippen molar-refractivity contribution in [3.05, 3.63) is 45.4 Å². The minimum absolute atomic E-state index is 0.0402. The van der Waals surface area contributed by atoms with E-state index in [-0.39, 0.29) is 5.56 Å². The number of aromatic nitrogens is 2. The fourth-order valence-electron chi connectivity index (χ4n) is 2.55. The molecule has 0 fully saturated rings. The van der Waals surface area contributed by atoms with E-state index in [2.05, 4.69) is 15.3 Å². The van der Waals surface area contributed by atoms with Gasteiger partial charge in [0.25, 0.3) is 5.56 Å². The van der Waals surface area contributed by atoms with E-state index in [1.807, 2.05) is 25.1 Å². The molecule has 0 saturated heterocycles. The van der Waals surface area contributed by atoms with Gasteiger partial charge in [-0.1, -0.05) is 6.07 Å². The zero-order valence-corrected chi connectivity index (χ0v) is 11.6. The predicted octanol–water partition coefficient (Wildman–Crippen LogP) is 2.32. The van der Waals surface area contributed by atoms with Crippen molar-refractivity contribution in [2.75, 3.05) is 12.4 Å². The molecular formula is C15H17N3O2. The largest absolute Gasteiger partial charge is 0.495 e. The summed E-state index contributed by atoms with van der Waals surface area (Å²) in [6, 6.07) is 5.83. The fourth-order valence-corrected chi connectivity index (χ4v) is 2.55. The number of benzene rings is 1. The van der Waals surface area contributed by atoms with Crippen LogP contribution < -0.4 is 15.6 Å². The number of rotatable bonds is 3. The Morgan fingerprint density at radius 2 is 2.20 bits per heavy atom. The maximum absolute atomic E-state index is 12.0. The third-order valence-electron chi connectivity index (χ3n) is 3.55. The lowest BCUT2D eigenvalue weighted by Crippen LogP contribution is -2.16. The Kier molecular flexibility index (Phi) is 3.18. The summed E-state index contributed by atoms with van der Waals surface area (Å²) in [7, 11) is 1.62. The van der Waals surface area contributed by atoms with E-state index in [0.717, 1.165) is 47.5 Å². The van der Waals surface area contributed by atoms with Crippen molar-refractivity contribution < 1.29 is 4.74 Å². The standard InChI is InChI=1S/C15H17N3O2/c1-9-6-7-13(20-2)12(8-9)17-15-16-11-5-3-4-10(11)14(19)18-15/h6-8H,3-5H2,1-2H3,(H2,16,17,18,19). The third kappa shape index (κ3) is 2.27. The van der Waals surface area contributed by atoms with Gasteiger partial charge < -0.3 is 10.1 Å². The first-order valence-electron chi connectivity index (χ1n) is 6.71. The number of H-pyrrole nitrogens is 1. The highest BCUT2D eigenvalue weighted by molar-refractivity contribution is 5.63.